The summed E-state index contributed by atoms with van der Waals surface area (Å²) in [5, 5.41) is 6.21. The van der Waals surface area contributed by atoms with E-state index in [0.29, 0.717) is 25.6 Å². The van der Waals surface area contributed by atoms with E-state index in [0.717, 1.165) is 45.6 Å². The van der Waals surface area contributed by atoms with Gasteiger partial charge in [-0.3, -0.25) is 14.5 Å². The van der Waals surface area contributed by atoms with Gasteiger partial charge in [0.1, 0.15) is 0 Å². The van der Waals surface area contributed by atoms with Crippen molar-refractivity contribution < 1.29 is 9.59 Å². The molecule has 2 unspecified atom stereocenters. The first-order valence-electron chi connectivity index (χ1n) is 9.16. The van der Waals surface area contributed by atoms with Gasteiger partial charge in [0.15, 0.2) is 0 Å². The van der Waals surface area contributed by atoms with Crippen molar-refractivity contribution in [3.63, 3.8) is 0 Å². The summed E-state index contributed by atoms with van der Waals surface area (Å²) in [5.41, 5.74) is 0. The minimum absolute atomic E-state index is 0.0259. The molecular formula is C17H32N4O2. The van der Waals surface area contributed by atoms with Gasteiger partial charge in [0.05, 0.1) is 5.92 Å². The topological polar surface area (TPSA) is 64.7 Å². The van der Waals surface area contributed by atoms with Crippen molar-refractivity contribution in [2.75, 3.05) is 45.8 Å². The number of amides is 2. The fraction of sp³-hybridized carbons (Fsp3) is 0.882. The van der Waals surface area contributed by atoms with Crippen LogP contribution in [-0.2, 0) is 9.59 Å². The van der Waals surface area contributed by atoms with Crippen LogP contribution >= 0.6 is 0 Å². The van der Waals surface area contributed by atoms with E-state index in [-0.39, 0.29) is 17.7 Å². The molecule has 0 aromatic rings. The Morgan fingerprint density at radius 1 is 1.26 bits per heavy atom. The number of rotatable bonds is 9. The van der Waals surface area contributed by atoms with E-state index in [1.165, 1.54) is 6.42 Å². The smallest absolute Gasteiger partial charge is 0.225 e. The Labute approximate surface area is 140 Å². The normalized spacial score (nSPS) is 25.3. The van der Waals surface area contributed by atoms with Crippen LogP contribution in [0.1, 0.15) is 39.5 Å². The number of nitrogens with zero attached hydrogens (tertiary/aromatic N) is 2. The Morgan fingerprint density at radius 2 is 2.09 bits per heavy atom. The van der Waals surface area contributed by atoms with E-state index < -0.39 is 0 Å². The summed E-state index contributed by atoms with van der Waals surface area (Å²) in [6.07, 6.45) is 3.84. The highest BCUT2D eigenvalue weighted by Crippen LogP contribution is 2.23. The number of likely N-dealkylation sites (N-methyl/N-ethyl adjacent to an activating group) is 1. The Kier molecular flexibility index (Phi) is 7.30. The molecule has 0 radical (unpaired) electrons. The predicted octanol–water partition coefficient (Wildman–Crippen LogP) is 0.435. The first-order chi connectivity index (χ1) is 11.2. The lowest BCUT2D eigenvalue weighted by molar-refractivity contribution is -0.129. The molecule has 0 aliphatic carbocycles. The molecule has 0 saturated carbocycles. The summed E-state index contributed by atoms with van der Waals surface area (Å²) in [4.78, 5) is 28.7. The predicted molar refractivity (Wildman–Crippen MR) is 91.1 cm³/mol. The largest absolute Gasteiger partial charge is 0.355 e. The molecule has 2 aliphatic rings. The number of carbonyl (C=O) groups is 2. The van der Waals surface area contributed by atoms with E-state index in [4.69, 9.17) is 0 Å². The van der Waals surface area contributed by atoms with Gasteiger partial charge in [-0.05, 0) is 38.9 Å². The average Bonchev–Trinajstić information content (AvgIpc) is 3.14. The van der Waals surface area contributed by atoms with Crippen molar-refractivity contribution in [1.82, 2.24) is 20.4 Å². The van der Waals surface area contributed by atoms with Crippen LogP contribution in [0, 0.1) is 5.92 Å². The second-order valence-corrected chi connectivity index (χ2v) is 6.67. The molecule has 2 amide bonds. The summed E-state index contributed by atoms with van der Waals surface area (Å²) in [5.74, 6) is -0.0136. The van der Waals surface area contributed by atoms with Gasteiger partial charge in [-0.25, -0.2) is 0 Å². The SMILES string of the molecule is CCCNCCNC(=O)C1CC(=O)N(CC2CCCN2CC)C1. The molecule has 0 spiro atoms. The summed E-state index contributed by atoms with van der Waals surface area (Å²) in [6.45, 7) is 10.2. The van der Waals surface area contributed by atoms with E-state index >= 15 is 0 Å². The zero-order chi connectivity index (χ0) is 16.7. The maximum Gasteiger partial charge on any atom is 0.225 e. The summed E-state index contributed by atoms with van der Waals surface area (Å²) in [7, 11) is 0. The van der Waals surface area contributed by atoms with Crippen LogP contribution in [0.2, 0.25) is 0 Å². The van der Waals surface area contributed by atoms with Gasteiger partial charge in [-0.15, -0.1) is 0 Å². The van der Waals surface area contributed by atoms with Gasteiger partial charge in [-0.1, -0.05) is 13.8 Å². The highest BCUT2D eigenvalue weighted by molar-refractivity contribution is 5.89. The molecule has 2 fully saturated rings. The third kappa shape index (κ3) is 5.18. The molecule has 23 heavy (non-hydrogen) atoms. The Hall–Kier alpha value is -1.14. The fourth-order valence-electron chi connectivity index (χ4n) is 3.62. The third-order valence-electron chi connectivity index (χ3n) is 4.95. The first-order valence-corrected chi connectivity index (χ1v) is 9.16. The monoisotopic (exact) mass is 324 g/mol. The molecular weight excluding hydrogens is 292 g/mol. The van der Waals surface area contributed by atoms with Gasteiger partial charge in [0.2, 0.25) is 11.8 Å². The molecule has 6 heteroatoms. The molecule has 0 aromatic heterocycles. The van der Waals surface area contributed by atoms with Crippen LogP contribution in [0.3, 0.4) is 0 Å². The summed E-state index contributed by atoms with van der Waals surface area (Å²) >= 11 is 0. The van der Waals surface area contributed by atoms with Crippen molar-refractivity contribution in [1.29, 1.82) is 0 Å². The number of hydrogen-bond donors (Lipinski definition) is 2. The second kappa shape index (κ2) is 9.23. The highest BCUT2D eigenvalue weighted by atomic mass is 16.2. The zero-order valence-corrected chi connectivity index (χ0v) is 14.6. The molecule has 132 valence electrons. The van der Waals surface area contributed by atoms with Crippen molar-refractivity contribution in [3.8, 4) is 0 Å². The second-order valence-electron chi connectivity index (χ2n) is 6.67. The van der Waals surface area contributed by atoms with Crippen LogP contribution in [0.15, 0.2) is 0 Å². The minimum atomic E-state index is -0.176. The van der Waals surface area contributed by atoms with Gasteiger partial charge in [0.25, 0.3) is 0 Å². The van der Waals surface area contributed by atoms with E-state index in [2.05, 4.69) is 29.4 Å². The summed E-state index contributed by atoms with van der Waals surface area (Å²) in [6, 6.07) is 0.476. The minimum Gasteiger partial charge on any atom is -0.355 e. The quantitative estimate of drug-likeness (QED) is 0.604. The molecule has 2 rings (SSSR count). The number of nitrogens with one attached hydrogen (secondary N) is 2. The van der Waals surface area contributed by atoms with E-state index in [1.54, 1.807) is 0 Å². The van der Waals surface area contributed by atoms with Crippen LogP contribution in [0.4, 0.5) is 0 Å². The van der Waals surface area contributed by atoms with Crippen molar-refractivity contribution in [3.05, 3.63) is 0 Å². The highest BCUT2D eigenvalue weighted by Gasteiger charge is 2.36. The molecule has 2 N–H and O–H groups in total. The first kappa shape index (κ1) is 18.2. The van der Waals surface area contributed by atoms with Crippen LogP contribution in [-0.4, -0.2) is 73.5 Å². The van der Waals surface area contributed by atoms with Gasteiger partial charge < -0.3 is 15.5 Å². The zero-order valence-electron chi connectivity index (χ0n) is 14.6. The van der Waals surface area contributed by atoms with Gasteiger partial charge >= 0.3 is 0 Å². The Balaban J connectivity index is 1.72. The molecule has 2 atom stereocenters. The van der Waals surface area contributed by atoms with Gasteiger partial charge in [-0.2, -0.15) is 0 Å². The van der Waals surface area contributed by atoms with Crippen LogP contribution < -0.4 is 10.6 Å². The molecule has 2 heterocycles. The molecule has 2 aliphatic heterocycles. The van der Waals surface area contributed by atoms with Crippen molar-refractivity contribution >= 4 is 11.8 Å². The standard InChI is InChI=1S/C17H32N4O2/c1-3-7-18-8-9-19-17(23)14-11-16(22)21(12-14)13-15-6-5-10-20(15)4-2/h14-15,18H,3-13H2,1-2H3,(H,19,23). The van der Waals surface area contributed by atoms with Gasteiger partial charge in [0, 0.05) is 38.6 Å². The van der Waals surface area contributed by atoms with Crippen molar-refractivity contribution in [2.45, 2.75) is 45.6 Å². The lowest BCUT2D eigenvalue weighted by atomic mass is 10.1. The average molecular weight is 324 g/mol. The molecule has 0 aromatic carbocycles. The lowest BCUT2D eigenvalue weighted by Gasteiger charge is -2.27. The number of likely N-dealkylation sites (tertiary alicyclic amines) is 2. The van der Waals surface area contributed by atoms with Crippen LogP contribution in [0.5, 0.6) is 0 Å². The molecule has 0 bridgehead atoms. The fourth-order valence-corrected chi connectivity index (χ4v) is 3.62. The number of carbonyl (C=O) groups excluding carboxylic acids is 2. The summed E-state index contributed by atoms with van der Waals surface area (Å²) < 4.78 is 0. The van der Waals surface area contributed by atoms with E-state index in [1.807, 2.05) is 4.90 Å². The van der Waals surface area contributed by atoms with Crippen molar-refractivity contribution in [2.24, 2.45) is 5.92 Å². The number of hydrogen-bond acceptors (Lipinski definition) is 4. The maximum atomic E-state index is 12.2. The molecule has 6 nitrogen and oxygen atoms in total. The third-order valence-corrected chi connectivity index (χ3v) is 4.95. The van der Waals surface area contributed by atoms with Crippen LogP contribution in [0.25, 0.3) is 0 Å². The maximum absolute atomic E-state index is 12.2. The molecule has 2 saturated heterocycles. The Bertz CT molecular complexity index is 402. The Morgan fingerprint density at radius 3 is 2.83 bits per heavy atom. The van der Waals surface area contributed by atoms with E-state index in [9.17, 15) is 9.59 Å². The lowest BCUT2D eigenvalue weighted by Crippen LogP contribution is -2.42.